The zero-order chi connectivity index (χ0) is 21.2. The summed E-state index contributed by atoms with van der Waals surface area (Å²) in [7, 11) is 3.02. The molecule has 0 bridgehead atoms. The summed E-state index contributed by atoms with van der Waals surface area (Å²) in [6.07, 6.45) is 4.55. The molecule has 152 valence electrons. The average molecular weight is 434 g/mol. The second-order valence-corrected chi connectivity index (χ2v) is 6.64. The molecule has 0 radical (unpaired) electrons. The number of halogens is 2. The van der Waals surface area contributed by atoms with E-state index in [1.807, 2.05) is 24.3 Å². The van der Waals surface area contributed by atoms with Gasteiger partial charge in [-0.2, -0.15) is 0 Å². The van der Waals surface area contributed by atoms with E-state index in [2.05, 4.69) is 22.1 Å². The van der Waals surface area contributed by atoms with E-state index < -0.39 is 0 Å². The van der Waals surface area contributed by atoms with Crippen LogP contribution in [0.25, 0.3) is 6.08 Å². The summed E-state index contributed by atoms with van der Waals surface area (Å²) >= 11 is 12.3. The Morgan fingerprint density at radius 2 is 1.90 bits per heavy atom. The number of hydrogen-bond acceptors (Lipinski definition) is 5. The fourth-order valence-electron chi connectivity index (χ4n) is 2.36. The van der Waals surface area contributed by atoms with Gasteiger partial charge in [-0.15, -0.1) is 0 Å². The Morgan fingerprint density at radius 3 is 2.59 bits per heavy atom. The summed E-state index contributed by atoms with van der Waals surface area (Å²) in [4.78, 5) is 23.6. The van der Waals surface area contributed by atoms with Gasteiger partial charge in [0, 0.05) is 33.9 Å². The first kappa shape index (κ1) is 22.5. The van der Waals surface area contributed by atoms with Crippen LogP contribution >= 0.6 is 23.2 Å². The van der Waals surface area contributed by atoms with Crippen molar-refractivity contribution in [2.45, 2.75) is 6.61 Å². The predicted octanol–water partition coefficient (Wildman–Crippen LogP) is 4.84. The lowest BCUT2D eigenvalue weighted by Gasteiger charge is -2.19. The van der Waals surface area contributed by atoms with E-state index in [-0.39, 0.29) is 12.5 Å². The number of anilines is 1. The molecule has 29 heavy (non-hydrogen) atoms. The monoisotopic (exact) mass is 433 g/mol. The van der Waals surface area contributed by atoms with Crippen molar-refractivity contribution in [3.05, 3.63) is 82.0 Å². The lowest BCUT2D eigenvalue weighted by molar-refractivity contribution is -0.112. The maximum atomic E-state index is 12.1. The van der Waals surface area contributed by atoms with Gasteiger partial charge < -0.3 is 9.74 Å². The smallest absolute Gasteiger partial charge is 0.272 e. The van der Waals surface area contributed by atoms with Crippen molar-refractivity contribution in [1.82, 2.24) is 5.48 Å². The molecule has 1 N–H and O–H groups in total. The number of carbonyl (C=O) groups is 1. The fourth-order valence-corrected chi connectivity index (χ4v) is 2.88. The first-order valence-corrected chi connectivity index (χ1v) is 9.30. The molecule has 0 fully saturated rings. The quantitative estimate of drug-likeness (QED) is 0.349. The second-order valence-electron chi connectivity index (χ2n) is 5.83. The van der Waals surface area contributed by atoms with Crippen LogP contribution in [0.5, 0.6) is 0 Å². The van der Waals surface area contributed by atoms with Gasteiger partial charge in [-0.05, 0) is 30.4 Å². The van der Waals surface area contributed by atoms with Gasteiger partial charge >= 0.3 is 0 Å². The number of rotatable bonds is 9. The normalized spacial score (nSPS) is 11.0. The van der Waals surface area contributed by atoms with Crippen LogP contribution in [0.1, 0.15) is 11.1 Å². The molecule has 8 heteroatoms. The molecule has 0 aliphatic carbocycles. The molecule has 2 aromatic carbocycles. The molecule has 0 spiro atoms. The van der Waals surface area contributed by atoms with Gasteiger partial charge in [-0.25, -0.2) is 0 Å². The molecule has 1 amide bonds. The van der Waals surface area contributed by atoms with Crippen LogP contribution in [0.3, 0.4) is 0 Å². The van der Waals surface area contributed by atoms with E-state index in [1.54, 1.807) is 37.4 Å². The summed E-state index contributed by atoms with van der Waals surface area (Å²) in [6.45, 7) is 4.08. The number of nitrogens with one attached hydrogen (secondary N) is 1. The third-order valence-corrected chi connectivity index (χ3v) is 4.49. The van der Waals surface area contributed by atoms with Crippen LogP contribution < -0.4 is 10.4 Å². The van der Waals surface area contributed by atoms with Crippen molar-refractivity contribution in [3.63, 3.8) is 0 Å². The van der Waals surface area contributed by atoms with E-state index in [1.165, 1.54) is 12.0 Å². The zero-order valence-electron chi connectivity index (χ0n) is 16.1. The number of allylic oxidation sites excluding steroid dienone is 1. The predicted molar refractivity (Wildman–Crippen MR) is 118 cm³/mol. The van der Waals surface area contributed by atoms with Crippen molar-refractivity contribution in [3.8, 4) is 0 Å². The number of hydrogen-bond donors (Lipinski definition) is 1. The third kappa shape index (κ3) is 6.64. The highest BCUT2D eigenvalue weighted by molar-refractivity contribution is 6.37. The van der Waals surface area contributed by atoms with Crippen molar-refractivity contribution in [1.29, 1.82) is 0 Å². The average Bonchev–Trinajstić information content (AvgIpc) is 2.71. The van der Waals surface area contributed by atoms with E-state index >= 15 is 0 Å². The minimum atomic E-state index is -0.323. The maximum absolute atomic E-state index is 12.1. The lowest BCUT2D eigenvalue weighted by atomic mass is 10.1. The Morgan fingerprint density at radius 1 is 1.21 bits per heavy atom. The summed E-state index contributed by atoms with van der Waals surface area (Å²) < 4.78 is 0. The molecule has 0 unspecified atom stereocenters. The highest BCUT2D eigenvalue weighted by Crippen LogP contribution is 2.25. The van der Waals surface area contributed by atoms with Crippen molar-refractivity contribution >= 4 is 47.1 Å². The van der Waals surface area contributed by atoms with E-state index in [0.717, 1.165) is 11.8 Å². The van der Waals surface area contributed by atoms with Gasteiger partial charge in [-0.3, -0.25) is 15.1 Å². The molecule has 0 saturated carbocycles. The van der Waals surface area contributed by atoms with E-state index in [9.17, 15) is 4.79 Å². The molecule has 0 saturated heterocycles. The molecule has 0 atom stereocenters. The molecule has 0 heterocycles. The topological polar surface area (TPSA) is 63.2 Å². The first-order chi connectivity index (χ1) is 13.9. The van der Waals surface area contributed by atoms with Crippen LogP contribution in [0, 0.1) is 0 Å². The van der Waals surface area contributed by atoms with Crippen molar-refractivity contribution in [2.75, 3.05) is 19.1 Å². The Hall–Kier alpha value is -2.80. The van der Waals surface area contributed by atoms with Gasteiger partial charge in [0.15, 0.2) is 0 Å². The van der Waals surface area contributed by atoms with Gasteiger partial charge in [0.2, 0.25) is 0 Å². The Kier molecular flexibility index (Phi) is 8.73. The maximum Gasteiger partial charge on any atom is 0.272 e. The third-order valence-electron chi connectivity index (χ3n) is 3.83. The standard InChI is InChI=1S/C21H21Cl2N3O3/c1-15(11-12-17-18(22)8-6-9-19(17)23)25-29-14-16-7-4-5-10-20(16)26(2)21(27)13-24-28-3/h4-13,25H,1,14H2,2-3H3. The number of amides is 1. The summed E-state index contributed by atoms with van der Waals surface area (Å²) in [5, 5.41) is 4.58. The summed E-state index contributed by atoms with van der Waals surface area (Å²) in [6, 6.07) is 12.6. The van der Waals surface area contributed by atoms with Crippen LogP contribution in [0.15, 0.2) is 66.0 Å². The molecule has 0 aliphatic heterocycles. The fraction of sp³-hybridized carbons (Fsp3) is 0.143. The molecule has 6 nitrogen and oxygen atoms in total. The van der Waals surface area contributed by atoms with E-state index in [0.29, 0.717) is 27.0 Å². The van der Waals surface area contributed by atoms with Gasteiger partial charge in [0.05, 0.1) is 5.70 Å². The molecule has 2 rings (SSSR count). The highest BCUT2D eigenvalue weighted by Gasteiger charge is 2.13. The second kappa shape index (κ2) is 11.3. The SMILES string of the molecule is C=C(C=Cc1c(Cl)cccc1Cl)NOCc1ccccc1N(C)C(=O)C=NOC. The van der Waals surface area contributed by atoms with Crippen molar-refractivity contribution < 1.29 is 14.5 Å². The summed E-state index contributed by atoms with van der Waals surface area (Å²) in [5.41, 5.74) is 5.44. The molecule has 0 aliphatic rings. The minimum Gasteiger partial charge on any atom is -0.399 e. The van der Waals surface area contributed by atoms with Gasteiger partial charge in [-0.1, -0.05) is 59.2 Å². The largest absolute Gasteiger partial charge is 0.399 e. The zero-order valence-corrected chi connectivity index (χ0v) is 17.6. The molecule has 0 aromatic heterocycles. The number of nitrogens with zero attached hydrogens (tertiary/aromatic N) is 2. The number of hydroxylamine groups is 1. The minimum absolute atomic E-state index is 0.203. The Bertz CT molecular complexity index is 909. The first-order valence-electron chi connectivity index (χ1n) is 8.55. The van der Waals surface area contributed by atoms with Gasteiger partial charge in [0.1, 0.15) is 19.9 Å². The summed E-state index contributed by atoms with van der Waals surface area (Å²) in [5.74, 6) is -0.323. The highest BCUT2D eigenvalue weighted by atomic mass is 35.5. The number of para-hydroxylation sites is 1. The van der Waals surface area contributed by atoms with Crippen LogP contribution in [-0.2, 0) is 21.1 Å². The van der Waals surface area contributed by atoms with Crippen LogP contribution in [0.2, 0.25) is 10.0 Å². The van der Waals surface area contributed by atoms with Crippen LogP contribution in [0.4, 0.5) is 5.69 Å². The molecule has 2 aromatic rings. The Balaban J connectivity index is 1.97. The molecular weight excluding hydrogens is 413 g/mol. The molecular formula is C21H21Cl2N3O3. The Labute approximate surface area is 180 Å². The number of carbonyl (C=O) groups excluding carboxylic acids is 1. The van der Waals surface area contributed by atoms with Crippen LogP contribution in [-0.4, -0.2) is 26.3 Å². The lowest BCUT2D eigenvalue weighted by Crippen LogP contribution is -2.28. The number of benzene rings is 2. The van der Waals surface area contributed by atoms with Gasteiger partial charge in [0.25, 0.3) is 5.91 Å². The number of oxime groups is 1. The van der Waals surface area contributed by atoms with Crippen molar-refractivity contribution in [2.24, 2.45) is 5.16 Å². The van der Waals surface area contributed by atoms with E-state index in [4.69, 9.17) is 28.0 Å².